The van der Waals surface area contributed by atoms with Crippen molar-refractivity contribution in [1.29, 1.82) is 0 Å². The number of rotatable bonds is 7. The average Bonchev–Trinajstić information content (AvgIpc) is 2.77. The van der Waals surface area contributed by atoms with E-state index < -0.39 is 9.84 Å². The number of unbranched alkanes of at least 4 members (excludes halogenated alkanes) is 2. The predicted molar refractivity (Wildman–Crippen MR) is 71.9 cm³/mol. The van der Waals surface area contributed by atoms with Gasteiger partial charge in [-0.1, -0.05) is 19.8 Å². The Morgan fingerprint density at radius 2 is 2.11 bits per heavy atom. The van der Waals surface area contributed by atoms with E-state index in [4.69, 9.17) is 5.73 Å². The van der Waals surface area contributed by atoms with Crippen molar-refractivity contribution in [2.75, 3.05) is 31.1 Å². The predicted octanol–water partition coefficient (Wildman–Crippen LogP) is 0.399. The van der Waals surface area contributed by atoms with Crippen molar-refractivity contribution in [2.24, 2.45) is 11.7 Å². The molecule has 2 N–H and O–H groups in total. The highest BCUT2D eigenvalue weighted by molar-refractivity contribution is 7.92. The molecule has 0 radical (unpaired) electrons. The number of hydrogen-bond donors (Lipinski definition) is 1. The molecule has 0 saturated carbocycles. The lowest BCUT2D eigenvalue weighted by Gasteiger charge is -2.16. The monoisotopic (exact) mass is 276 g/mol. The largest absolute Gasteiger partial charge is 0.341 e. The van der Waals surface area contributed by atoms with Gasteiger partial charge in [-0.2, -0.15) is 0 Å². The van der Waals surface area contributed by atoms with Gasteiger partial charge in [0.05, 0.1) is 5.75 Å². The molecule has 18 heavy (non-hydrogen) atoms. The molecule has 1 atom stereocenters. The third kappa shape index (κ3) is 4.94. The summed E-state index contributed by atoms with van der Waals surface area (Å²) in [6.07, 6.45) is 3.41. The molecule has 1 heterocycles. The Morgan fingerprint density at radius 1 is 1.39 bits per heavy atom. The molecule has 1 rings (SSSR count). The van der Waals surface area contributed by atoms with Crippen molar-refractivity contribution in [3.63, 3.8) is 0 Å². The molecule has 1 aliphatic rings. The fourth-order valence-electron chi connectivity index (χ4n) is 2.18. The molecule has 0 spiro atoms. The first-order valence-electron chi connectivity index (χ1n) is 6.66. The Balaban J connectivity index is 2.39. The van der Waals surface area contributed by atoms with Gasteiger partial charge in [-0.15, -0.1) is 0 Å². The lowest BCUT2D eigenvalue weighted by Crippen LogP contribution is -2.35. The lowest BCUT2D eigenvalue weighted by atomic mass is 10.1. The van der Waals surface area contributed by atoms with Gasteiger partial charge >= 0.3 is 0 Å². The SMILES string of the molecule is CCCCCS(=O)(=O)CC(=O)N1CCC(CN)C1. The van der Waals surface area contributed by atoms with Gasteiger partial charge in [-0.3, -0.25) is 4.79 Å². The van der Waals surface area contributed by atoms with Crippen LogP contribution < -0.4 is 5.73 Å². The van der Waals surface area contributed by atoms with E-state index in [1.165, 1.54) is 0 Å². The van der Waals surface area contributed by atoms with Gasteiger partial charge in [0.25, 0.3) is 0 Å². The normalized spacial score (nSPS) is 20.3. The number of hydrogen-bond acceptors (Lipinski definition) is 4. The van der Waals surface area contributed by atoms with Gasteiger partial charge in [-0.25, -0.2) is 8.42 Å². The van der Waals surface area contributed by atoms with Crippen molar-refractivity contribution >= 4 is 15.7 Å². The zero-order valence-electron chi connectivity index (χ0n) is 11.1. The number of amides is 1. The van der Waals surface area contributed by atoms with E-state index >= 15 is 0 Å². The molecule has 1 unspecified atom stereocenters. The van der Waals surface area contributed by atoms with Crippen LogP contribution in [0, 0.1) is 5.92 Å². The van der Waals surface area contributed by atoms with E-state index in [9.17, 15) is 13.2 Å². The molecule has 0 aromatic rings. The molecular formula is C12H24N2O3S. The lowest BCUT2D eigenvalue weighted by molar-refractivity contribution is -0.127. The number of carbonyl (C=O) groups is 1. The number of nitrogens with zero attached hydrogens (tertiary/aromatic N) is 1. The summed E-state index contributed by atoms with van der Waals surface area (Å²) >= 11 is 0. The molecule has 0 aromatic carbocycles. The van der Waals surface area contributed by atoms with Gasteiger partial charge in [0.2, 0.25) is 5.91 Å². The maximum Gasteiger partial charge on any atom is 0.237 e. The molecule has 5 nitrogen and oxygen atoms in total. The van der Waals surface area contributed by atoms with Crippen LogP contribution in [0.4, 0.5) is 0 Å². The summed E-state index contributed by atoms with van der Waals surface area (Å²) in [5, 5.41) is 0. The minimum Gasteiger partial charge on any atom is -0.341 e. The molecule has 1 aliphatic heterocycles. The van der Waals surface area contributed by atoms with Gasteiger partial charge in [-0.05, 0) is 25.3 Å². The Bertz CT molecular complexity index is 368. The van der Waals surface area contributed by atoms with E-state index in [1.54, 1.807) is 4.90 Å². The van der Waals surface area contributed by atoms with Crippen molar-refractivity contribution in [1.82, 2.24) is 4.90 Å². The van der Waals surface area contributed by atoms with E-state index in [1.807, 2.05) is 6.92 Å². The number of carbonyl (C=O) groups excluding carboxylic acids is 1. The highest BCUT2D eigenvalue weighted by Gasteiger charge is 2.28. The van der Waals surface area contributed by atoms with E-state index in [-0.39, 0.29) is 17.4 Å². The Hall–Kier alpha value is -0.620. The van der Waals surface area contributed by atoms with Crippen LogP contribution in [0.2, 0.25) is 0 Å². The minimum absolute atomic E-state index is 0.126. The van der Waals surface area contributed by atoms with Crippen LogP contribution in [0.1, 0.15) is 32.6 Å². The zero-order valence-corrected chi connectivity index (χ0v) is 11.9. The summed E-state index contributed by atoms with van der Waals surface area (Å²) in [7, 11) is -3.24. The minimum atomic E-state index is -3.24. The molecule has 0 aliphatic carbocycles. The molecule has 6 heteroatoms. The third-order valence-corrected chi connectivity index (χ3v) is 4.97. The Labute approximate surface area is 110 Å². The Morgan fingerprint density at radius 3 is 2.67 bits per heavy atom. The highest BCUT2D eigenvalue weighted by Crippen LogP contribution is 2.15. The van der Waals surface area contributed by atoms with Gasteiger partial charge in [0.1, 0.15) is 5.75 Å². The van der Waals surface area contributed by atoms with Crippen molar-refractivity contribution < 1.29 is 13.2 Å². The molecule has 106 valence electrons. The van der Waals surface area contributed by atoms with E-state index in [2.05, 4.69) is 0 Å². The molecule has 1 fully saturated rings. The first kappa shape index (κ1) is 15.4. The quantitative estimate of drug-likeness (QED) is 0.682. The fourth-order valence-corrected chi connectivity index (χ4v) is 3.52. The number of nitrogens with two attached hydrogens (primary N) is 1. The summed E-state index contributed by atoms with van der Waals surface area (Å²) in [6, 6.07) is 0. The van der Waals surface area contributed by atoms with E-state index in [0.29, 0.717) is 32.0 Å². The van der Waals surface area contributed by atoms with Crippen LogP contribution in [0.3, 0.4) is 0 Å². The van der Waals surface area contributed by atoms with Crippen LogP contribution in [0.5, 0.6) is 0 Å². The fraction of sp³-hybridized carbons (Fsp3) is 0.917. The summed E-state index contributed by atoms with van der Waals surface area (Å²) < 4.78 is 23.5. The van der Waals surface area contributed by atoms with Crippen LogP contribution in [-0.4, -0.2) is 50.4 Å². The standard InChI is InChI=1S/C12H24N2O3S/c1-2-3-4-7-18(16,17)10-12(15)14-6-5-11(8-13)9-14/h11H,2-10,13H2,1H3. The maximum atomic E-state index is 11.9. The van der Waals surface area contributed by atoms with Crippen molar-refractivity contribution in [2.45, 2.75) is 32.6 Å². The van der Waals surface area contributed by atoms with Crippen molar-refractivity contribution in [3.8, 4) is 0 Å². The van der Waals surface area contributed by atoms with Gasteiger partial charge in [0, 0.05) is 13.1 Å². The number of likely N-dealkylation sites (tertiary alicyclic amines) is 1. The van der Waals surface area contributed by atoms with Crippen LogP contribution >= 0.6 is 0 Å². The summed E-state index contributed by atoms with van der Waals surface area (Å²) in [5.41, 5.74) is 5.55. The maximum absolute atomic E-state index is 11.9. The Kier molecular flexibility index (Phi) is 6.08. The molecule has 1 amide bonds. The summed E-state index contributed by atoms with van der Waals surface area (Å²) in [5.74, 6) is -0.145. The first-order valence-corrected chi connectivity index (χ1v) is 8.49. The second-order valence-corrected chi connectivity index (χ2v) is 7.21. The van der Waals surface area contributed by atoms with Crippen LogP contribution in [0.25, 0.3) is 0 Å². The molecule has 0 bridgehead atoms. The number of sulfone groups is 1. The summed E-state index contributed by atoms with van der Waals surface area (Å²) in [4.78, 5) is 13.5. The van der Waals surface area contributed by atoms with E-state index in [0.717, 1.165) is 19.3 Å². The average molecular weight is 276 g/mol. The molecule has 0 aromatic heterocycles. The van der Waals surface area contributed by atoms with Crippen LogP contribution in [-0.2, 0) is 14.6 Å². The summed E-state index contributed by atoms with van der Waals surface area (Å²) in [6.45, 7) is 3.84. The van der Waals surface area contributed by atoms with Crippen LogP contribution in [0.15, 0.2) is 0 Å². The second kappa shape index (κ2) is 7.09. The highest BCUT2D eigenvalue weighted by atomic mass is 32.2. The van der Waals surface area contributed by atoms with Gasteiger partial charge < -0.3 is 10.6 Å². The second-order valence-electron chi connectivity index (χ2n) is 5.03. The third-order valence-electron chi connectivity index (χ3n) is 3.37. The molecule has 1 saturated heterocycles. The topological polar surface area (TPSA) is 80.5 Å². The first-order chi connectivity index (χ1) is 8.48. The molecular weight excluding hydrogens is 252 g/mol. The van der Waals surface area contributed by atoms with Crippen molar-refractivity contribution in [3.05, 3.63) is 0 Å². The van der Waals surface area contributed by atoms with Gasteiger partial charge in [0.15, 0.2) is 9.84 Å². The zero-order chi connectivity index (χ0) is 13.6. The smallest absolute Gasteiger partial charge is 0.237 e.